The van der Waals surface area contributed by atoms with Crippen LogP contribution in [0.25, 0.3) is 0 Å². The summed E-state index contributed by atoms with van der Waals surface area (Å²) in [5.74, 6) is -0.228. The number of carbonyl (C=O) groups excluding carboxylic acids is 3. The van der Waals surface area contributed by atoms with Gasteiger partial charge in [0.05, 0.1) is 0 Å². The van der Waals surface area contributed by atoms with Gasteiger partial charge in [-0.2, -0.15) is 0 Å². The summed E-state index contributed by atoms with van der Waals surface area (Å²) in [6.45, 7) is 9.06. The molecule has 28 heavy (non-hydrogen) atoms. The van der Waals surface area contributed by atoms with E-state index < -0.39 is 6.04 Å². The van der Waals surface area contributed by atoms with Gasteiger partial charge in [0.25, 0.3) is 5.91 Å². The molecule has 1 fully saturated rings. The Bertz CT molecular complexity index is 679. The molecule has 0 bridgehead atoms. The first-order valence-electron chi connectivity index (χ1n) is 10.3. The lowest BCUT2D eigenvalue weighted by molar-refractivity contribution is -0.132. The highest BCUT2D eigenvalue weighted by Gasteiger charge is 2.34. The quantitative estimate of drug-likeness (QED) is 0.755. The molecule has 3 amide bonds. The van der Waals surface area contributed by atoms with Crippen LogP contribution in [0.3, 0.4) is 0 Å². The van der Waals surface area contributed by atoms with Crippen LogP contribution in [-0.4, -0.2) is 47.8 Å². The van der Waals surface area contributed by atoms with Crippen LogP contribution in [0.2, 0.25) is 0 Å². The Balaban J connectivity index is 2.11. The minimum atomic E-state index is -0.596. The molecule has 0 spiro atoms. The van der Waals surface area contributed by atoms with Crippen molar-refractivity contribution < 1.29 is 14.4 Å². The molecule has 0 unspecified atom stereocenters. The van der Waals surface area contributed by atoms with Gasteiger partial charge in [-0.05, 0) is 51.2 Å². The summed E-state index contributed by atoms with van der Waals surface area (Å²) in [6, 6.07) is 6.78. The van der Waals surface area contributed by atoms with Crippen molar-refractivity contribution in [3.63, 3.8) is 0 Å². The Morgan fingerprint density at radius 1 is 1.07 bits per heavy atom. The Morgan fingerprint density at radius 2 is 1.68 bits per heavy atom. The molecule has 154 valence electrons. The number of nitrogens with one attached hydrogen (secondary N) is 2. The summed E-state index contributed by atoms with van der Waals surface area (Å²) in [5.41, 5.74) is 1.63. The highest BCUT2D eigenvalue weighted by Crippen LogP contribution is 2.22. The molecule has 1 aliphatic rings. The van der Waals surface area contributed by atoms with Crippen molar-refractivity contribution in [1.82, 2.24) is 15.5 Å². The third kappa shape index (κ3) is 5.81. The van der Waals surface area contributed by atoms with Crippen LogP contribution in [0, 0.1) is 12.8 Å². The van der Waals surface area contributed by atoms with E-state index in [-0.39, 0.29) is 29.7 Å². The summed E-state index contributed by atoms with van der Waals surface area (Å²) in [6.07, 6.45) is 2.73. The van der Waals surface area contributed by atoms with E-state index in [1.165, 1.54) is 0 Å². The second-order valence-corrected chi connectivity index (χ2v) is 7.71. The lowest BCUT2D eigenvalue weighted by atomic mass is 9.88. The van der Waals surface area contributed by atoms with Crippen molar-refractivity contribution in [2.45, 2.75) is 65.5 Å². The smallest absolute Gasteiger partial charge is 0.251 e. The molecule has 2 atom stereocenters. The zero-order chi connectivity index (χ0) is 20.7. The van der Waals surface area contributed by atoms with Crippen molar-refractivity contribution in [1.29, 1.82) is 0 Å². The highest BCUT2D eigenvalue weighted by atomic mass is 16.2. The molecular weight excluding hydrogens is 354 g/mol. The summed E-state index contributed by atoms with van der Waals surface area (Å²) in [7, 11) is 0. The van der Waals surface area contributed by atoms with E-state index in [1.807, 2.05) is 44.7 Å². The molecule has 0 aromatic heterocycles. The summed E-state index contributed by atoms with van der Waals surface area (Å²) in [5, 5.41) is 5.96. The molecule has 1 aliphatic heterocycles. The molecule has 0 radical (unpaired) electrons. The van der Waals surface area contributed by atoms with E-state index in [0.717, 1.165) is 12.0 Å². The molecule has 2 rings (SSSR count). The second kappa shape index (κ2) is 10.2. The fourth-order valence-electron chi connectivity index (χ4n) is 3.47. The van der Waals surface area contributed by atoms with Crippen LogP contribution in [-0.2, 0) is 9.59 Å². The molecule has 1 saturated heterocycles. The van der Waals surface area contributed by atoms with E-state index in [0.29, 0.717) is 37.9 Å². The number of nitrogens with zero attached hydrogens (tertiary/aromatic N) is 1. The van der Waals surface area contributed by atoms with Crippen molar-refractivity contribution in [2.24, 2.45) is 5.92 Å². The van der Waals surface area contributed by atoms with Gasteiger partial charge in [0.1, 0.15) is 6.04 Å². The number of amides is 3. The first-order valence-corrected chi connectivity index (χ1v) is 10.3. The van der Waals surface area contributed by atoms with Gasteiger partial charge in [0, 0.05) is 31.1 Å². The predicted octanol–water partition coefficient (Wildman–Crippen LogP) is 2.66. The molecule has 1 heterocycles. The largest absolute Gasteiger partial charge is 0.352 e. The van der Waals surface area contributed by atoms with E-state index in [9.17, 15) is 14.4 Å². The maximum absolute atomic E-state index is 12.9. The number of piperidine rings is 1. The number of rotatable bonds is 7. The van der Waals surface area contributed by atoms with Gasteiger partial charge in [-0.1, -0.05) is 31.5 Å². The van der Waals surface area contributed by atoms with Gasteiger partial charge >= 0.3 is 0 Å². The number of aryl methyl sites for hydroxylation is 1. The molecular formula is C22H33N3O3. The van der Waals surface area contributed by atoms with Crippen molar-refractivity contribution in [2.75, 3.05) is 13.1 Å². The maximum Gasteiger partial charge on any atom is 0.251 e. The van der Waals surface area contributed by atoms with Gasteiger partial charge in [0.15, 0.2) is 0 Å². The highest BCUT2D eigenvalue weighted by molar-refractivity contribution is 5.97. The first-order chi connectivity index (χ1) is 13.3. The zero-order valence-corrected chi connectivity index (χ0v) is 17.5. The predicted molar refractivity (Wildman–Crippen MR) is 110 cm³/mol. The van der Waals surface area contributed by atoms with Crippen molar-refractivity contribution in [3.05, 3.63) is 35.4 Å². The van der Waals surface area contributed by atoms with Crippen LogP contribution in [0.15, 0.2) is 24.3 Å². The van der Waals surface area contributed by atoms with E-state index >= 15 is 0 Å². The van der Waals surface area contributed by atoms with Gasteiger partial charge in [-0.25, -0.2) is 0 Å². The Kier molecular flexibility index (Phi) is 8.03. The van der Waals surface area contributed by atoms with Crippen LogP contribution < -0.4 is 10.6 Å². The zero-order valence-electron chi connectivity index (χ0n) is 17.5. The fraction of sp³-hybridized carbons (Fsp3) is 0.591. The molecule has 6 heteroatoms. The lowest BCUT2D eigenvalue weighted by Gasteiger charge is -2.36. The molecule has 1 aromatic rings. The van der Waals surface area contributed by atoms with E-state index in [2.05, 4.69) is 10.6 Å². The van der Waals surface area contributed by atoms with Crippen LogP contribution in [0.4, 0.5) is 0 Å². The first kappa shape index (κ1) is 21.9. The summed E-state index contributed by atoms with van der Waals surface area (Å²) >= 11 is 0. The van der Waals surface area contributed by atoms with Gasteiger partial charge in [-0.15, -0.1) is 0 Å². The molecule has 6 nitrogen and oxygen atoms in total. The average molecular weight is 388 g/mol. The third-order valence-electron chi connectivity index (χ3n) is 5.55. The average Bonchev–Trinajstić information content (AvgIpc) is 2.71. The molecule has 1 aromatic carbocycles. The standard InChI is InChI=1S/C22H33N3O3/c1-5-16(4)23-22(28)20(17-11-13-25(14-12-17)19(26)6-2)24-21(27)18-9-7-15(3)8-10-18/h7-10,16-17,20H,5-6,11-14H2,1-4H3,(H,23,28)(H,24,27)/t16-,20+/m1/s1. The summed E-state index contributed by atoms with van der Waals surface area (Å²) in [4.78, 5) is 39.4. The fourth-order valence-corrected chi connectivity index (χ4v) is 3.47. The van der Waals surface area contributed by atoms with Gasteiger partial charge in [-0.3, -0.25) is 14.4 Å². The van der Waals surface area contributed by atoms with Crippen molar-refractivity contribution in [3.8, 4) is 0 Å². The monoisotopic (exact) mass is 387 g/mol. The number of likely N-dealkylation sites (tertiary alicyclic amines) is 1. The topological polar surface area (TPSA) is 78.5 Å². The number of hydrogen-bond donors (Lipinski definition) is 2. The summed E-state index contributed by atoms with van der Waals surface area (Å²) < 4.78 is 0. The van der Waals surface area contributed by atoms with E-state index in [1.54, 1.807) is 12.1 Å². The van der Waals surface area contributed by atoms with E-state index in [4.69, 9.17) is 0 Å². The lowest BCUT2D eigenvalue weighted by Crippen LogP contribution is -2.55. The number of hydrogen-bond acceptors (Lipinski definition) is 3. The number of benzene rings is 1. The maximum atomic E-state index is 12.9. The Labute approximate surface area is 168 Å². The molecule has 0 aliphatic carbocycles. The molecule has 2 N–H and O–H groups in total. The SMILES string of the molecule is CCC(=O)N1CCC([C@H](NC(=O)c2ccc(C)cc2)C(=O)N[C@H](C)CC)CC1. The van der Waals surface area contributed by atoms with Gasteiger partial charge in [0.2, 0.25) is 11.8 Å². The van der Waals surface area contributed by atoms with Crippen LogP contribution in [0.5, 0.6) is 0 Å². The Hall–Kier alpha value is -2.37. The van der Waals surface area contributed by atoms with Crippen molar-refractivity contribution >= 4 is 17.7 Å². The van der Waals surface area contributed by atoms with Crippen LogP contribution >= 0.6 is 0 Å². The second-order valence-electron chi connectivity index (χ2n) is 7.71. The third-order valence-corrected chi connectivity index (χ3v) is 5.55. The van der Waals surface area contributed by atoms with Gasteiger partial charge < -0.3 is 15.5 Å². The minimum Gasteiger partial charge on any atom is -0.352 e. The normalized spacial score (nSPS) is 16.9. The minimum absolute atomic E-state index is 0.0133. The van der Waals surface area contributed by atoms with Crippen LogP contribution in [0.1, 0.15) is 62.4 Å². The Morgan fingerprint density at radius 3 is 2.21 bits per heavy atom. The number of carbonyl (C=O) groups is 3. The molecule has 0 saturated carbocycles.